The highest BCUT2D eigenvalue weighted by Crippen LogP contribution is 2.22. The number of rotatable bonds is 24. The monoisotopic (exact) mass is 560 g/mol. The zero-order valence-corrected chi connectivity index (χ0v) is 25.3. The van der Waals surface area contributed by atoms with Crippen LogP contribution in [0.2, 0.25) is 0 Å². The second-order valence-electron chi connectivity index (χ2n) is 12.2. The van der Waals surface area contributed by atoms with E-state index in [2.05, 4.69) is 45.3 Å². The summed E-state index contributed by atoms with van der Waals surface area (Å²) in [6, 6.07) is 0. The molecule has 0 bridgehead atoms. The van der Waals surface area contributed by atoms with Gasteiger partial charge >= 0.3 is 0 Å². The van der Waals surface area contributed by atoms with E-state index in [-0.39, 0.29) is 19.0 Å². The fourth-order valence-electron chi connectivity index (χ4n) is 4.74. The molecule has 0 aromatic rings. The van der Waals surface area contributed by atoms with Gasteiger partial charge in [0.25, 0.3) is 5.91 Å². The molecular weight excluding hydrogens is 500 g/mol. The quantitative estimate of drug-likeness (QED) is 0.0894. The van der Waals surface area contributed by atoms with Crippen LogP contribution < -0.4 is 10.6 Å². The molecule has 7 atom stereocenters. The molecule has 2 amide bonds. The van der Waals surface area contributed by atoms with Gasteiger partial charge in [-0.2, -0.15) is 0 Å². The number of amides is 2. The molecule has 0 aromatic carbocycles. The Morgan fingerprint density at radius 2 is 1.08 bits per heavy atom. The third-order valence-electron chi connectivity index (χ3n) is 7.65. The van der Waals surface area contributed by atoms with Crippen LogP contribution in [0.3, 0.4) is 0 Å². The Morgan fingerprint density at radius 1 is 0.615 bits per heavy atom. The molecule has 232 valence electrons. The molecule has 0 spiro atoms. The summed E-state index contributed by atoms with van der Waals surface area (Å²) < 4.78 is 0. The van der Waals surface area contributed by atoms with Crippen LogP contribution in [-0.2, 0) is 9.59 Å². The highest BCUT2D eigenvalue weighted by molar-refractivity contribution is 5.81. The summed E-state index contributed by atoms with van der Waals surface area (Å²) in [6.07, 6.45) is 6.62. The smallest absolute Gasteiger partial charge is 0.251 e. The Bertz CT molecular complexity index is 634. The average molecular weight is 561 g/mol. The van der Waals surface area contributed by atoms with E-state index in [4.69, 9.17) is 5.11 Å². The van der Waals surface area contributed by atoms with Crippen LogP contribution in [-0.4, -0.2) is 81.5 Å². The van der Waals surface area contributed by atoms with Gasteiger partial charge in [0.15, 0.2) is 6.10 Å². The summed E-state index contributed by atoms with van der Waals surface area (Å²) in [5.74, 6) is 1.81. The van der Waals surface area contributed by atoms with Gasteiger partial charge in [0.1, 0.15) is 18.3 Å². The van der Waals surface area contributed by atoms with Crippen molar-refractivity contribution in [3.8, 4) is 0 Å². The lowest BCUT2D eigenvalue weighted by Gasteiger charge is -2.24. The van der Waals surface area contributed by atoms with E-state index in [0.29, 0.717) is 12.3 Å². The van der Waals surface area contributed by atoms with Crippen molar-refractivity contribution in [3.05, 3.63) is 0 Å². The van der Waals surface area contributed by atoms with Gasteiger partial charge in [0.2, 0.25) is 5.91 Å². The first-order valence-electron chi connectivity index (χ1n) is 15.3. The zero-order chi connectivity index (χ0) is 29.8. The molecule has 0 heterocycles. The summed E-state index contributed by atoms with van der Waals surface area (Å²) >= 11 is 0. The number of nitrogens with one attached hydrogen (secondary N) is 2. The summed E-state index contributed by atoms with van der Waals surface area (Å²) in [7, 11) is 0. The normalized spacial score (nSPS) is 17.2. The minimum Gasteiger partial charge on any atom is -0.394 e. The summed E-state index contributed by atoms with van der Waals surface area (Å²) in [6.45, 7) is 10.9. The highest BCUT2D eigenvalue weighted by atomic mass is 16.4. The molecule has 39 heavy (non-hydrogen) atoms. The predicted octanol–water partition coefficient (Wildman–Crippen LogP) is 2.90. The lowest BCUT2D eigenvalue weighted by Crippen LogP contribution is -2.52. The molecule has 0 radical (unpaired) electrons. The third kappa shape index (κ3) is 19.5. The van der Waals surface area contributed by atoms with Crippen LogP contribution in [0.15, 0.2) is 0 Å². The summed E-state index contributed by atoms with van der Waals surface area (Å²) in [5.41, 5.74) is 0. The molecule has 3 unspecified atom stereocenters. The van der Waals surface area contributed by atoms with E-state index in [1.165, 1.54) is 57.8 Å². The number of aliphatic hydroxyl groups excluding tert-OH is 5. The zero-order valence-electron chi connectivity index (χ0n) is 25.3. The molecule has 0 aliphatic rings. The average Bonchev–Trinajstić information content (AvgIpc) is 2.90. The number of carbonyl (C=O) groups excluding carboxylic acids is 2. The van der Waals surface area contributed by atoms with Crippen molar-refractivity contribution in [2.45, 2.75) is 136 Å². The molecule has 0 fully saturated rings. The van der Waals surface area contributed by atoms with Crippen molar-refractivity contribution in [1.82, 2.24) is 10.6 Å². The molecule has 0 rings (SSSR count). The van der Waals surface area contributed by atoms with Crippen molar-refractivity contribution >= 4 is 11.8 Å². The van der Waals surface area contributed by atoms with Crippen LogP contribution >= 0.6 is 0 Å². The molecule has 0 aromatic heterocycles. The molecule has 0 saturated carbocycles. The van der Waals surface area contributed by atoms with E-state index in [0.717, 1.165) is 30.6 Å². The summed E-state index contributed by atoms with van der Waals surface area (Å²) in [5, 5.41) is 52.2. The first-order valence-corrected chi connectivity index (χ1v) is 15.3. The van der Waals surface area contributed by atoms with Crippen molar-refractivity contribution in [2.24, 2.45) is 23.7 Å². The minimum absolute atomic E-state index is 0.0392. The standard InChI is InChI=1S/C30H60N2O7/c1-21(2)10-8-13-22(3)11-6-7-12-23(4)14-9-15-24(5)16-17-26(35)31-18-19-32-30(39)29(38)28(37)27(36)25(34)20-33/h21-25,27-29,33-34,36-38H,6-20H2,1-5H3,(H,31,35)(H,32,39)/t22?,23?,24?,25-,27-,28+,29-/m1/s1. The maximum atomic E-state index is 12.1. The van der Waals surface area contributed by atoms with Gasteiger partial charge in [0, 0.05) is 19.5 Å². The number of carbonyl (C=O) groups is 2. The Balaban J connectivity index is 3.85. The van der Waals surface area contributed by atoms with E-state index in [1.807, 2.05) is 0 Å². The van der Waals surface area contributed by atoms with Gasteiger partial charge < -0.3 is 36.2 Å². The minimum atomic E-state index is -1.98. The van der Waals surface area contributed by atoms with Crippen molar-refractivity contribution < 1.29 is 35.1 Å². The molecule has 0 aliphatic carbocycles. The lowest BCUT2D eigenvalue weighted by molar-refractivity contribution is -0.148. The Morgan fingerprint density at radius 3 is 1.59 bits per heavy atom. The molecule has 7 N–H and O–H groups in total. The van der Waals surface area contributed by atoms with E-state index in [1.54, 1.807) is 0 Å². The molecule has 9 heteroatoms. The molecule has 9 nitrogen and oxygen atoms in total. The lowest BCUT2D eigenvalue weighted by atomic mass is 9.91. The number of unbranched alkanes of at least 4 members (excludes halogenated alkanes) is 1. The Hall–Kier alpha value is -1.26. The van der Waals surface area contributed by atoms with Crippen LogP contribution in [0.5, 0.6) is 0 Å². The van der Waals surface area contributed by atoms with Crippen molar-refractivity contribution in [1.29, 1.82) is 0 Å². The fraction of sp³-hybridized carbons (Fsp3) is 0.933. The summed E-state index contributed by atoms with van der Waals surface area (Å²) in [4.78, 5) is 24.0. The van der Waals surface area contributed by atoms with Crippen LogP contribution in [0.1, 0.15) is 112 Å². The second-order valence-corrected chi connectivity index (χ2v) is 12.2. The Kier molecular flexibility index (Phi) is 21.7. The van der Waals surface area contributed by atoms with Gasteiger partial charge in [-0.3, -0.25) is 9.59 Å². The maximum Gasteiger partial charge on any atom is 0.251 e. The second kappa shape index (κ2) is 22.4. The van der Waals surface area contributed by atoms with Gasteiger partial charge in [-0.15, -0.1) is 0 Å². The molecule has 0 saturated heterocycles. The van der Waals surface area contributed by atoms with E-state index < -0.39 is 36.9 Å². The van der Waals surface area contributed by atoms with Gasteiger partial charge in [-0.1, -0.05) is 98.8 Å². The van der Waals surface area contributed by atoms with Gasteiger partial charge in [-0.25, -0.2) is 0 Å². The fourth-order valence-corrected chi connectivity index (χ4v) is 4.74. The predicted molar refractivity (Wildman–Crippen MR) is 155 cm³/mol. The largest absolute Gasteiger partial charge is 0.394 e. The van der Waals surface area contributed by atoms with Gasteiger partial charge in [0.05, 0.1) is 6.61 Å². The van der Waals surface area contributed by atoms with E-state index in [9.17, 15) is 30.0 Å². The topological polar surface area (TPSA) is 159 Å². The first-order chi connectivity index (χ1) is 18.4. The van der Waals surface area contributed by atoms with Crippen molar-refractivity contribution in [2.75, 3.05) is 19.7 Å². The Labute approximate surface area is 237 Å². The van der Waals surface area contributed by atoms with E-state index >= 15 is 0 Å². The van der Waals surface area contributed by atoms with Crippen LogP contribution in [0.25, 0.3) is 0 Å². The maximum absolute atomic E-state index is 12.1. The first kappa shape index (κ1) is 37.7. The van der Waals surface area contributed by atoms with Crippen LogP contribution in [0.4, 0.5) is 0 Å². The number of aliphatic hydroxyl groups is 5. The van der Waals surface area contributed by atoms with Crippen LogP contribution in [0, 0.1) is 23.7 Å². The number of hydrogen-bond donors (Lipinski definition) is 7. The molecule has 0 aliphatic heterocycles. The third-order valence-corrected chi connectivity index (χ3v) is 7.65. The number of hydrogen-bond acceptors (Lipinski definition) is 7. The highest BCUT2D eigenvalue weighted by Gasteiger charge is 2.33. The SMILES string of the molecule is CC(C)CCCC(C)CCCCC(C)CCCC(C)CCC(=O)NCCNC(=O)[C@H](O)[C@@H](O)[C@H](O)[C@H](O)CO. The molecular formula is C30H60N2O7. The van der Waals surface area contributed by atoms with Crippen molar-refractivity contribution in [3.63, 3.8) is 0 Å². The van der Waals surface area contributed by atoms with Gasteiger partial charge in [-0.05, 0) is 30.1 Å².